The topological polar surface area (TPSA) is 51.8 Å². The first-order valence-corrected chi connectivity index (χ1v) is 5.41. The lowest BCUT2D eigenvalue weighted by molar-refractivity contribution is 1.28. The van der Waals surface area contributed by atoms with Gasteiger partial charge in [-0.05, 0) is 24.3 Å². The number of hydrogen-bond acceptors (Lipinski definition) is 3. The SMILES string of the molecule is Nc1ccnc(-c2ccc3ccccc3n2)c1. The van der Waals surface area contributed by atoms with Gasteiger partial charge in [0.15, 0.2) is 0 Å². The molecule has 0 aliphatic rings. The average Bonchev–Trinajstić information content (AvgIpc) is 2.38. The maximum absolute atomic E-state index is 5.74. The molecule has 1 aromatic carbocycles. The quantitative estimate of drug-likeness (QED) is 0.687. The van der Waals surface area contributed by atoms with Crippen LogP contribution in [0.1, 0.15) is 0 Å². The molecule has 0 saturated carbocycles. The fourth-order valence-corrected chi connectivity index (χ4v) is 1.80. The van der Waals surface area contributed by atoms with Gasteiger partial charge in [-0.3, -0.25) is 4.98 Å². The van der Waals surface area contributed by atoms with Crippen molar-refractivity contribution in [2.24, 2.45) is 0 Å². The Balaban J connectivity index is 2.18. The lowest BCUT2D eigenvalue weighted by Crippen LogP contribution is -1.91. The Morgan fingerprint density at radius 2 is 1.76 bits per heavy atom. The number of rotatable bonds is 1. The van der Waals surface area contributed by atoms with Crippen molar-refractivity contribution in [1.82, 2.24) is 9.97 Å². The molecule has 0 saturated heterocycles. The van der Waals surface area contributed by atoms with Crippen molar-refractivity contribution in [3.63, 3.8) is 0 Å². The summed E-state index contributed by atoms with van der Waals surface area (Å²) in [6.45, 7) is 0. The first-order valence-electron chi connectivity index (χ1n) is 5.41. The molecule has 0 aliphatic heterocycles. The van der Waals surface area contributed by atoms with Crippen LogP contribution in [0, 0.1) is 0 Å². The molecule has 82 valence electrons. The highest BCUT2D eigenvalue weighted by atomic mass is 14.8. The van der Waals surface area contributed by atoms with E-state index in [1.807, 2.05) is 42.5 Å². The maximum Gasteiger partial charge on any atom is 0.0906 e. The largest absolute Gasteiger partial charge is 0.399 e. The Bertz CT molecular complexity index is 677. The summed E-state index contributed by atoms with van der Waals surface area (Å²) in [6, 6.07) is 15.6. The van der Waals surface area contributed by atoms with Gasteiger partial charge in [-0.15, -0.1) is 0 Å². The molecular weight excluding hydrogens is 210 g/mol. The fraction of sp³-hybridized carbons (Fsp3) is 0. The van der Waals surface area contributed by atoms with E-state index < -0.39 is 0 Å². The first-order chi connectivity index (χ1) is 8.33. The Kier molecular flexibility index (Phi) is 2.22. The second-order valence-electron chi connectivity index (χ2n) is 3.86. The number of nitrogen functional groups attached to an aromatic ring is 1. The Hall–Kier alpha value is -2.42. The second kappa shape index (κ2) is 3.87. The highest BCUT2D eigenvalue weighted by molar-refractivity contribution is 5.81. The fourth-order valence-electron chi connectivity index (χ4n) is 1.80. The Labute approximate surface area is 98.9 Å². The van der Waals surface area contributed by atoms with Crippen LogP contribution in [0.4, 0.5) is 5.69 Å². The summed E-state index contributed by atoms with van der Waals surface area (Å²) < 4.78 is 0. The van der Waals surface area contributed by atoms with Crippen molar-refractivity contribution in [3.8, 4) is 11.4 Å². The van der Waals surface area contributed by atoms with Crippen LogP contribution in [0.2, 0.25) is 0 Å². The second-order valence-corrected chi connectivity index (χ2v) is 3.86. The van der Waals surface area contributed by atoms with Gasteiger partial charge in [-0.2, -0.15) is 0 Å². The van der Waals surface area contributed by atoms with E-state index in [-0.39, 0.29) is 0 Å². The van der Waals surface area contributed by atoms with Crippen LogP contribution >= 0.6 is 0 Å². The van der Waals surface area contributed by atoms with Gasteiger partial charge < -0.3 is 5.73 Å². The molecule has 0 amide bonds. The van der Waals surface area contributed by atoms with Gasteiger partial charge in [0, 0.05) is 17.3 Å². The van der Waals surface area contributed by atoms with E-state index in [1.54, 1.807) is 12.3 Å². The van der Waals surface area contributed by atoms with Crippen molar-refractivity contribution in [3.05, 3.63) is 54.7 Å². The number of aromatic nitrogens is 2. The van der Waals surface area contributed by atoms with Gasteiger partial charge in [0.25, 0.3) is 0 Å². The zero-order valence-electron chi connectivity index (χ0n) is 9.17. The zero-order valence-corrected chi connectivity index (χ0v) is 9.17. The molecule has 0 aliphatic carbocycles. The van der Waals surface area contributed by atoms with Crippen LogP contribution in [0.25, 0.3) is 22.3 Å². The van der Waals surface area contributed by atoms with Crippen molar-refractivity contribution in [2.75, 3.05) is 5.73 Å². The summed E-state index contributed by atoms with van der Waals surface area (Å²) in [5, 5.41) is 1.13. The third-order valence-electron chi connectivity index (χ3n) is 2.64. The number of hydrogen-bond donors (Lipinski definition) is 1. The standard InChI is InChI=1S/C14H11N3/c15-11-7-8-16-14(9-11)13-6-5-10-3-1-2-4-12(10)17-13/h1-9H,(H2,15,16). The molecular formula is C14H11N3. The van der Waals surface area contributed by atoms with Crippen molar-refractivity contribution < 1.29 is 0 Å². The molecule has 2 heterocycles. The summed E-state index contributed by atoms with van der Waals surface area (Å²) >= 11 is 0. The normalized spacial score (nSPS) is 10.6. The molecule has 0 bridgehead atoms. The van der Waals surface area contributed by atoms with Gasteiger partial charge >= 0.3 is 0 Å². The number of nitrogens with two attached hydrogens (primary N) is 1. The van der Waals surface area contributed by atoms with Crippen LogP contribution < -0.4 is 5.73 Å². The van der Waals surface area contributed by atoms with Crippen LogP contribution in [0.3, 0.4) is 0 Å². The molecule has 0 spiro atoms. The molecule has 3 aromatic rings. The predicted molar refractivity (Wildman–Crippen MR) is 69.4 cm³/mol. The van der Waals surface area contributed by atoms with E-state index in [0.717, 1.165) is 22.3 Å². The summed E-state index contributed by atoms with van der Waals surface area (Å²) in [5.74, 6) is 0. The number of anilines is 1. The van der Waals surface area contributed by atoms with Gasteiger partial charge in [0.1, 0.15) is 0 Å². The summed E-state index contributed by atoms with van der Waals surface area (Å²) in [6.07, 6.45) is 1.70. The molecule has 0 radical (unpaired) electrons. The van der Waals surface area contributed by atoms with E-state index in [1.165, 1.54) is 0 Å². The maximum atomic E-state index is 5.74. The van der Waals surface area contributed by atoms with Gasteiger partial charge in [0.2, 0.25) is 0 Å². The highest BCUT2D eigenvalue weighted by Crippen LogP contribution is 2.20. The minimum Gasteiger partial charge on any atom is -0.399 e. The molecule has 2 aromatic heterocycles. The number of para-hydroxylation sites is 1. The summed E-state index contributed by atoms with van der Waals surface area (Å²) in [7, 11) is 0. The lowest BCUT2D eigenvalue weighted by atomic mass is 10.1. The minimum atomic E-state index is 0.699. The zero-order chi connectivity index (χ0) is 11.7. The number of benzene rings is 1. The molecule has 3 rings (SSSR count). The van der Waals surface area contributed by atoms with E-state index in [2.05, 4.69) is 9.97 Å². The monoisotopic (exact) mass is 221 g/mol. The molecule has 0 unspecified atom stereocenters. The van der Waals surface area contributed by atoms with Crippen molar-refractivity contribution >= 4 is 16.6 Å². The van der Waals surface area contributed by atoms with Crippen molar-refractivity contribution in [1.29, 1.82) is 0 Å². The third kappa shape index (κ3) is 1.83. The van der Waals surface area contributed by atoms with Gasteiger partial charge in [-0.25, -0.2) is 4.98 Å². The number of pyridine rings is 2. The van der Waals surface area contributed by atoms with Crippen LogP contribution in [0.5, 0.6) is 0 Å². The van der Waals surface area contributed by atoms with Crippen molar-refractivity contribution in [2.45, 2.75) is 0 Å². The third-order valence-corrected chi connectivity index (χ3v) is 2.64. The van der Waals surface area contributed by atoms with Crippen LogP contribution in [-0.2, 0) is 0 Å². The van der Waals surface area contributed by atoms with E-state index in [4.69, 9.17) is 5.73 Å². The Morgan fingerprint density at radius 3 is 2.65 bits per heavy atom. The lowest BCUT2D eigenvalue weighted by Gasteiger charge is -2.03. The van der Waals surface area contributed by atoms with Crippen LogP contribution in [-0.4, -0.2) is 9.97 Å². The average molecular weight is 221 g/mol. The smallest absolute Gasteiger partial charge is 0.0906 e. The molecule has 0 atom stereocenters. The Morgan fingerprint density at radius 1 is 0.882 bits per heavy atom. The highest BCUT2D eigenvalue weighted by Gasteiger charge is 2.02. The first kappa shape index (κ1) is 9.78. The summed E-state index contributed by atoms with van der Waals surface area (Å²) in [4.78, 5) is 8.84. The predicted octanol–water partition coefficient (Wildman–Crippen LogP) is 2.88. The summed E-state index contributed by atoms with van der Waals surface area (Å²) in [5.41, 5.74) is 9.05. The van der Waals surface area contributed by atoms with Gasteiger partial charge in [-0.1, -0.05) is 24.3 Å². The number of fused-ring (bicyclic) bond motifs is 1. The molecule has 3 nitrogen and oxygen atoms in total. The molecule has 17 heavy (non-hydrogen) atoms. The molecule has 0 fully saturated rings. The molecule has 2 N–H and O–H groups in total. The number of nitrogens with zero attached hydrogens (tertiary/aromatic N) is 2. The van der Waals surface area contributed by atoms with Crippen LogP contribution in [0.15, 0.2) is 54.7 Å². The minimum absolute atomic E-state index is 0.699. The van der Waals surface area contributed by atoms with E-state index in [9.17, 15) is 0 Å². The molecule has 3 heteroatoms. The van der Waals surface area contributed by atoms with E-state index in [0.29, 0.717) is 5.69 Å². The van der Waals surface area contributed by atoms with E-state index >= 15 is 0 Å². The van der Waals surface area contributed by atoms with Gasteiger partial charge in [0.05, 0.1) is 16.9 Å².